The van der Waals surface area contributed by atoms with Gasteiger partial charge in [0.15, 0.2) is 5.58 Å². The van der Waals surface area contributed by atoms with E-state index < -0.39 is 11.7 Å². The number of hydrogen-bond acceptors (Lipinski definition) is 5. The molecule has 6 nitrogen and oxygen atoms in total. The van der Waals surface area contributed by atoms with Crippen LogP contribution in [0.2, 0.25) is 0 Å². The lowest BCUT2D eigenvalue weighted by molar-refractivity contribution is -0.145. The SMILES string of the molecule is N#Cc1ccc(COC(=O)CCn2c(=O)oc3ccccc32)cc1. The summed E-state index contributed by atoms with van der Waals surface area (Å²) in [5, 5.41) is 8.73. The standard InChI is InChI=1S/C18H14N2O4/c19-11-13-5-7-14(8-6-13)12-23-17(21)9-10-20-15-3-1-2-4-16(15)24-18(20)22/h1-8H,9-10,12H2. The molecule has 0 aliphatic rings. The number of carbonyl (C=O) groups excluding carboxylic acids is 1. The second-order valence-electron chi connectivity index (χ2n) is 5.21. The summed E-state index contributed by atoms with van der Waals surface area (Å²) in [7, 11) is 0. The third kappa shape index (κ3) is 3.36. The molecule has 0 aliphatic carbocycles. The highest BCUT2D eigenvalue weighted by atomic mass is 16.5. The topological polar surface area (TPSA) is 85.2 Å². The fraction of sp³-hybridized carbons (Fsp3) is 0.167. The first-order valence-electron chi connectivity index (χ1n) is 7.40. The summed E-state index contributed by atoms with van der Waals surface area (Å²) in [4.78, 5) is 23.7. The Morgan fingerprint density at radius 3 is 2.67 bits per heavy atom. The number of ether oxygens (including phenoxy) is 1. The maximum atomic E-state index is 11.9. The molecule has 0 radical (unpaired) electrons. The van der Waals surface area contributed by atoms with Crippen LogP contribution in [-0.4, -0.2) is 10.5 Å². The van der Waals surface area contributed by atoms with Crippen LogP contribution in [0.5, 0.6) is 0 Å². The van der Waals surface area contributed by atoms with Gasteiger partial charge in [-0.25, -0.2) is 4.79 Å². The van der Waals surface area contributed by atoms with Crippen LogP contribution in [0, 0.1) is 11.3 Å². The minimum absolute atomic E-state index is 0.0692. The highest BCUT2D eigenvalue weighted by Crippen LogP contribution is 2.12. The first-order valence-corrected chi connectivity index (χ1v) is 7.40. The monoisotopic (exact) mass is 322 g/mol. The molecule has 0 fully saturated rings. The van der Waals surface area contributed by atoms with E-state index in [2.05, 4.69) is 0 Å². The maximum absolute atomic E-state index is 11.9. The van der Waals surface area contributed by atoms with Gasteiger partial charge in [-0.05, 0) is 29.8 Å². The van der Waals surface area contributed by atoms with Crippen molar-refractivity contribution in [3.63, 3.8) is 0 Å². The summed E-state index contributed by atoms with van der Waals surface area (Å²) in [6.45, 7) is 0.327. The summed E-state index contributed by atoms with van der Waals surface area (Å²) < 4.78 is 11.7. The zero-order valence-corrected chi connectivity index (χ0v) is 12.8. The molecule has 1 aromatic heterocycles. The number of aryl methyl sites for hydroxylation is 1. The number of rotatable bonds is 5. The third-order valence-corrected chi connectivity index (χ3v) is 3.60. The molecule has 0 saturated heterocycles. The third-order valence-electron chi connectivity index (χ3n) is 3.60. The van der Waals surface area contributed by atoms with Crippen molar-refractivity contribution >= 4 is 17.1 Å². The molecule has 0 aliphatic heterocycles. The predicted molar refractivity (Wildman–Crippen MR) is 86.0 cm³/mol. The van der Waals surface area contributed by atoms with Gasteiger partial charge in [-0.1, -0.05) is 24.3 Å². The molecule has 1 heterocycles. The van der Waals surface area contributed by atoms with Gasteiger partial charge in [0.05, 0.1) is 23.6 Å². The van der Waals surface area contributed by atoms with E-state index in [0.29, 0.717) is 16.7 Å². The van der Waals surface area contributed by atoms with Crippen molar-refractivity contribution in [1.82, 2.24) is 4.57 Å². The first kappa shape index (κ1) is 15.6. The highest BCUT2D eigenvalue weighted by Gasteiger charge is 2.11. The van der Waals surface area contributed by atoms with Gasteiger partial charge in [0.1, 0.15) is 6.61 Å². The van der Waals surface area contributed by atoms with E-state index in [9.17, 15) is 9.59 Å². The van der Waals surface area contributed by atoms with Crippen LogP contribution in [-0.2, 0) is 22.7 Å². The average Bonchev–Trinajstić information content (AvgIpc) is 2.93. The van der Waals surface area contributed by atoms with Gasteiger partial charge < -0.3 is 9.15 Å². The van der Waals surface area contributed by atoms with Crippen LogP contribution in [0.1, 0.15) is 17.5 Å². The van der Waals surface area contributed by atoms with Crippen LogP contribution in [0.15, 0.2) is 57.7 Å². The Morgan fingerprint density at radius 1 is 1.17 bits per heavy atom. The van der Waals surface area contributed by atoms with Gasteiger partial charge in [0, 0.05) is 6.54 Å². The van der Waals surface area contributed by atoms with Gasteiger partial charge in [-0.15, -0.1) is 0 Å². The van der Waals surface area contributed by atoms with E-state index in [0.717, 1.165) is 5.56 Å². The zero-order valence-electron chi connectivity index (χ0n) is 12.8. The Balaban J connectivity index is 1.58. The summed E-state index contributed by atoms with van der Waals surface area (Å²) in [5.41, 5.74) is 2.50. The number of aromatic nitrogens is 1. The zero-order chi connectivity index (χ0) is 16.9. The Hall–Kier alpha value is -3.33. The number of hydrogen-bond donors (Lipinski definition) is 0. The average molecular weight is 322 g/mol. The molecule has 24 heavy (non-hydrogen) atoms. The van der Waals surface area contributed by atoms with Gasteiger partial charge in [0.2, 0.25) is 0 Å². The number of benzene rings is 2. The lowest BCUT2D eigenvalue weighted by atomic mass is 10.2. The van der Waals surface area contributed by atoms with Crippen LogP contribution >= 0.6 is 0 Å². The Kier molecular flexibility index (Phi) is 4.43. The van der Waals surface area contributed by atoms with Gasteiger partial charge in [0.25, 0.3) is 0 Å². The number of oxazole rings is 1. The maximum Gasteiger partial charge on any atom is 0.419 e. The van der Waals surface area contributed by atoms with Gasteiger partial charge in [-0.2, -0.15) is 5.26 Å². The van der Waals surface area contributed by atoms with E-state index in [1.807, 2.05) is 6.07 Å². The molecule has 0 amide bonds. The molecule has 0 saturated carbocycles. The number of para-hydroxylation sites is 2. The molecule has 3 aromatic rings. The molecule has 0 N–H and O–H groups in total. The highest BCUT2D eigenvalue weighted by molar-refractivity contribution is 5.73. The van der Waals surface area contributed by atoms with Crippen LogP contribution in [0.3, 0.4) is 0 Å². The van der Waals surface area contributed by atoms with Crippen molar-refractivity contribution in [2.75, 3.05) is 0 Å². The Bertz CT molecular complexity index is 961. The van der Waals surface area contributed by atoms with Crippen LogP contribution in [0.4, 0.5) is 0 Å². The van der Waals surface area contributed by atoms with Crippen molar-refractivity contribution in [1.29, 1.82) is 5.26 Å². The summed E-state index contributed by atoms with van der Waals surface area (Å²) in [5.74, 6) is -0.896. The summed E-state index contributed by atoms with van der Waals surface area (Å²) >= 11 is 0. The number of nitriles is 1. The van der Waals surface area contributed by atoms with E-state index >= 15 is 0 Å². The van der Waals surface area contributed by atoms with E-state index in [4.69, 9.17) is 14.4 Å². The molecule has 2 aromatic carbocycles. The quantitative estimate of drug-likeness (QED) is 0.674. The Morgan fingerprint density at radius 2 is 1.92 bits per heavy atom. The second-order valence-corrected chi connectivity index (χ2v) is 5.21. The van der Waals surface area contributed by atoms with Crippen molar-refractivity contribution in [3.05, 3.63) is 70.2 Å². The number of esters is 1. The lowest BCUT2D eigenvalue weighted by Crippen LogP contribution is -2.17. The normalized spacial score (nSPS) is 10.5. The van der Waals surface area contributed by atoms with Crippen LogP contribution < -0.4 is 5.76 Å². The molecule has 0 atom stereocenters. The van der Waals surface area contributed by atoms with Crippen molar-refractivity contribution in [2.45, 2.75) is 19.6 Å². The lowest BCUT2D eigenvalue weighted by Gasteiger charge is -2.05. The largest absolute Gasteiger partial charge is 0.461 e. The minimum Gasteiger partial charge on any atom is -0.461 e. The van der Waals surface area contributed by atoms with E-state index in [1.54, 1.807) is 48.5 Å². The van der Waals surface area contributed by atoms with Crippen molar-refractivity contribution in [2.24, 2.45) is 0 Å². The summed E-state index contributed by atoms with van der Waals surface area (Å²) in [6, 6.07) is 15.9. The molecule has 3 rings (SSSR count). The second kappa shape index (κ2) is 6.84. The van der Waals surface area contributed by atoms with Gasteiger partial charge in [-0.3, -0.25) is 9.36 Å². The molecular weight excluding hydrogens is 308 g/mol. The molecule has 0 unspecified atom stereocenters. The van der Waals surface area contributed by atoms with E-state index in [1.165, 1.54) is 4.57 Å². The number of nitrogens with zero attached hydrogens (tertiary/aromatic N) is 2. The summed E-state index contributed by atoms with van der Waals surface area (Å²) in [6.07, 6.45) is 0.0692. The van der Waals surface area contributed by atoms with E-state index in [-0.39, 0.29) is 19.6 Å². The Labute approximate surface area is 137 Å². The molecule has 6 heteroatoms. The number of fused-ring (bicyclic) bond motifs is 1. The fourth-order valence-corrected chi connectivity index (χ4v) is 2.34. The molecule has 120 valence electrons. The van der Waals surface area contributed by atoms with Gasteiger partial charge >= 0.3 is 11.7 Å². The fourth-order valence-electron chi connectivity index (χ4n) is 2.34. The van der Waals surface area contributed by atoms with Crippen molar-refractivity contribution < 1.29 is 13.9 Å². The van der Waals surface area contributed by atoms with Crippen LogP contribution in [0.25, 0.3) is 11.1 Å². The minimum atomic E-state index is -0.490. The molecule has 0 bridgehead atoms. The van der Waals surface area contributed by atoms with Crippen molar-refractivity contribution in [3.8, 4) is 6.07 Å². The number of carbonyl (C=O) groups is 1. The smallest absolute Gasteiger partial charge is 0.419 e. The molecule has 0 spiro atoms. The first-order chi connectivity index (χ1) is 11.7. The molecular formula is C18H14N2O4. The predicted octanol–water partition coefficient (Wildman–Crippen LogP) is 2.60.